The maximum atomic E-state index is 3.75. The number of hydrogen-bond acceptors (Lipinski definition) is 1. The number of hydrogen-bond donors (Lipinski definition) is 1. The van der Waals surface area contributed by atoms with Crippen molar-refractivity contribution < 1.29 is 0 Å². The normalized spacial score (nSPS) is 31.1. The van der Waals surface area contributed by atoms with Crippen molar-refractivity contribution in [3.63, 3.8) is 0 Å². The van der Waals surface area contributed by atoms with Crippen LogP contribution >= 0.6 is 15.9 Å². The predicted octanol–water partition coefficient (Wildman–Crippen LogP) is 4.26. The van der Waals surface area contributed by atoms with Gasteiger partial charge in [-0.2, -0.15) is 0 Å². The van der Waals surface area contributed by atoms with Gasteiger partial charge in [0.05, 0.1) is 0 Å². The summed E-state index contributed by atoms with van der Waals surface area (Å²) in [6.07, 6.45) is 6.82. The highest BCUT2D eigenvalue weighted by atomic mass is 79.9. The Morgan fingerprint density at radius 2 is 2.11 bits per heavy atom. The summed E-state index contributed by atoms with van der Waals surface area (Å²) in [5.74, 6) is 0.935. The molecule has 1 N–H and O–H groups in total. The third kappa shape index (κ3) is 2.50. The summed E-state index contributed by atoms with van der Waals surface area (Å²) in [6.45, 7) is 3.49. The topological polar surface area (TPSA) is 12.0 Å². The molecule has 2 aliphatic carbocycles. The quantitative estimate of drug-likeness (QED) is 0.857. The highest BCUT2D eigenvalue weighted by molar-refractivity contribution is 9.10. The first kappa shape index (κ1) is 12.7. The Morgan fingerprint density at radius 1 is 1.33 bits per heavy atom. The van der Waals surface area contributed by atoms with Crippen LogP contribution in [-0.4, -0.2) is 12.6 Å². The van der Waals surface area contributed by atoms with Crippen LogP contribution < -0.4 is 5.32 Å². The lowest BCUT2D eigenvalue weighted by Crippen LogP contribution is -2.49. The first-order valence-corrected chi connectivity index (χ1v) is 8.00. The van der Waals surface area contributed by atoms with Crippen molar-refractivity contribution in [3.05, 3.63) is 34.3 Å². The largest absolute Gasteiger partial charge is 0.313 e. The van der Waals surface area contributed by atoms with Crippen LogP contribution in [0.3, 0.4) is 0 Å². The standard InChI is InChI=1S/C16H22BrN/c1-2-12-9-16(10-12,11-18-15-6-7-15)13-4-3-5-14(17)8-13/h3-5,8,12,15,18H,2,6-7,9-11H2,1H3. The molecule has 1 aromatic carbocycles. The molecule has 2 saturated carbocycles. The Morgan fingerprint density at radius 3 is 2.72 bits per heavy atom. The molecule has 0 radical (unpaired) electrons. The van der Waals surface area contributed by atoms with E-state index >= 15 is 0 Å². The van der Waals surface area contributed by atoms with Gasteiger partial charge in [0.2, 0.25) is 0 Å². The molecular weight excluding hydrogens is 286 g/mol. The molecule has 0 spiro atoms. The second-order valence-electron chi connectivity index (χ2n) is 6.13. The van der Waals surface area contributed by atoms with Crippen molar-refractivity contribution in [2.24, 2.45) is 5.92 Å². The molecule has 98 valence electrons. The van der Waals surface area contributed by atoms with Crippen molar-refractivity contribution in [1.82, 2.24) is 5.32 Å². The molecule has 0 aromatic heterocycles. The second-order valence-corrected chi connectivity index (χ2v) is 7.04. The third-order valence-corrected chi connectivity index (χ3v) is 5.17. The molecule has 1 nitrogen and oxygen atoms in total. The van der Waals surface area contributed by atoms with Gasteiger partial charge in [0.25, 0.3) is 0 Å². The van der Waals surface area contributed by atoms with E-state index in [2.05, 4.69) is 52.4 Å². The van der Waals surface area contributed by atoms with Gasteiger partial charge in [-0.1, -0.05) is 41.4 Å². The van der Waals surface area contributed by atoms with E-state index in [4.69, 9.17) is 0 Å². The summed E-state index contributed by atoms with van der Waals surface area (Å²) < 4.78 is 1.21. The van der Waals surface area contributed by atoms with E-state index in [1.165, 1.54) is 48.7 Å². The molecular formula is C16H22BrN. The molecule has 0 unspecified atom stereocenters. The SMILES string of the molecule is CCC1CC(CNC2CC2)(c2cccc(Br)c2)C1. The average Bonchev–Trinajstić information content (AvgIpc) is 3.12. The van der Waals surface area contributed by atoms with E-state index in [1.54, 1.807) is 0 Å². The number of nitrogens with one attached hydrogen (secondary N) is 1. The number of benzene rings is 1. The van der Waals surface area contributed by atoms with Crippen molar-refractivity contribution in [1.29, 1.82) is 0 Å². The van der Waals surface area contributed by atoms with Crippen LogP contribution in [0.1, 0.15) is 44.6 Å². The molecule has 3 rings (SSSR count). The Labute approximate surface area is 118 Å². The molecule has 2 heteroatoms. The lowest BCUT2D eigenvalue weighted by Gasteiger charge is -2.48. The first-order valence-electron chi connectivity index (χ1n) is 7.21. The van der Waals surface area contributed by atoms with Crippen molar-refractivity contribution in [2.75, 3.05) is 6.54 Å². The second kappa shape index (κ2) is 4.97. The van der Waals surface area contributed by atoms with Crippen LogP contribution in [0.4, 0.5) is 0 Å². The number of rotatable bonds is 5. The summed E-state index contributed by atoms with van der Waals surface area (Å²) in [6, 6.07) is 9.75. The highest BCUT2D eigenvalue weighted by Crippen LogP contribution is 2.49. The van der Waals surface area contributed by atoms with Crippen molar-refractivity contribution >= 4 is 15.9 Å². The van der Waals surface area contributed by atoms with Gasteiger partial charge in [-0.05, 0) is 49.3 Å². The lowest BCUT2D eigenvalue weighted by atomic mass is 9.58. The van der Waals surface area contributed by atoms with E-state index in [9.17, 15) is 0 Å². The Balaban J connectivity index is 1.76. The van der Waals surface area contributed by atoms with Crippen LogP contribution in [0.15, 0.2) is 28.7 Å². The predicted molar refractivity (Wildman–Crippen MR) is 79.9 cm³/mol. The minimum Gasteiger partial charge on any atom is -0.313 e. The van der Waals surface area contributed by atoms with Gasteiger partial charge in [0, 0.05) is 22.5 Å². The average molecular weight is 308 g/mol. The Bertz CT molecular complexity index is 419. The van der Waals surface area contributed by atoms with Gasteiger partial charge >= 0.3 is 0 Å². The van der Waals surface area contributed by atoms with E-state index in [-0.39, 0.29) is 0 Å². The van der Waals surface area contributed by atoms with Crippen molar-refractivity contribution in [2.45, 2.75) is 50.5 Å². The molecule has 0 bridgehead atoms. The molecule has 0 saturated heterocycles. The number of halogens is 1. The minimum atomic E-state index is 0.410. The zero-order valence-corrected chi connectivity index (χ0v) is 12.7. The molecule has 2 fully saturated rings. The van der Waals surface area contributed by atoms with Gasteiger partial charge in [0.1, 0.15) is 0 Å². The van der Waals surface area contributed by atoms with E-state index in [0.717, 1.165) is 12.0 Å². The highest BCUT2D eigenvalue weighted by Gasteiger charge is 2.45. The Hall–Kier alpha value is -0.340. The molecule has 0 aliphatic heterocycles. The molecule has 18 heavy (non-hydrogen) atoms. The van der Waals surface area contributed by atoms with E-state index < -0.39 is 0 Å². The van der Waals surface area contributed by atoms with E-state index in [0.29, 0.717) is 5.41 Å². The zero-order valence-electron chi connectivity index (χ0n) is 11.1. The zero-order chi connectivity index (χ0) is 12.6. The summed E-state index contributed by atoms with van der Waals surface area (Å²) in [4.78, 5) is 0. The minimum absolute atomic E-state index is 0.410. The fourth-order valence-electron chi connectivity index (χ4n) is 3.26. The van der Waals surface area contributed by atoms with Crippen LogP contribution in [-0.2, 0) is 5.41 Å². The smallest absolute Gasteiger partial charge is 0.0178 e. The van der Waals surface area contributed by atoms with Crippen LogP contribution in [0, 0.1) is 5.92 Å². The summed E-state index contributed by atoms with van der Waals surface area (Å²) in [5.41, 5.74) is 1.93. The molecule has 0 atom stereocenters. The Kier molecular flexibility index (Phi) is 3.50. The van der Waals surface area contributed by atoms with Gasteiger partial charge < -0.3 is 5.32 Å². The van der Waals surface area contributed by atoms with Crippen LogP contribution in [0.2, 0.25) is 0 Å². The summed E-state index contributed by atoms with van der Waals surface area (Å²) >= 11 is 3.61. The maximum absolute atomic E-state index is 3.75. The van der Waals surface area contributed by atoms with Gasteiger partial charge in [-0.15, -0.1) is 0 Å². The van der Waals surface area contributed by atoms with Crippen LogP contribution in [0.25, 0.3) is 0 Å². The first-order chi connectivity index (χ1) is 8.72. The molecule has 0 heterocycles. The fourth-order valence-corrected chi connectivity index (χ4v) is 3.66. The van der Waals surface area contributed by atoms with Crippen LogP contribution in [0.5, 0.6) is 0 Å². The third-order valence-electron chi connectivity index (χ3n) is 4.68. The van der Waals surface area contributed by atoms with Crippen molar-refractivity contribution in [3.8, 4) is 0 Å². The van der Waals surface area contributed by atoms with Gasteiger partial charge in [0.15, 0.2) is 0 Å². The fraction of sp³-hybridized carbons (Fsp3) is 0.625. The van der Waals surface area contributed by atoms with Gasteiger partial charge in [-0.3, -0.25) is 0 Å². The monoisotopic (exact) mass is 307 g/mol. The maximum Gasteiger partial charge on any atom is 0.0178 e. The summed E-state index contributed by atoms with van der Waals surface area (Å²) in [5, 5.41) is 3.75. The molecule has 1 aromatic rings. The molecule has 2 aliphatic rings. The van der Waals surface area contributed by atoms with Gasteiger partial charge in [-0.25, -0.2) is 0 Å². The summed E-state index contributed by atoms with van der Waals surface area (Å²) in [7, 11) is 0. The lowest BCUT2D eigenvalue weighted by molar-refractivity contribution is 0.133. The van der Waals surface area contributed by atoms with E-state index in [1.807, 2.05) is 0 Å². The molecule has 0 amide bonds.